The lowest BCUT2D eigenvalue weighted by Gasteiger charge is -2.05. The Labute approximate surface area is 129 Å². The predicted molar refractivity (Wildman–Crippen MR) is 84.5 cm³/mol. The lowest BCUT2D eigenvalue weighted by Crippen LogP contribution is -2.04. The van der Waals surface area contributed by atoms with Crippen molar-refractivity contribution in [3.63, 3.8) is 0 Å². The summed E-state index contributed by atoms with van der Waals surface area (Å²) in [5.74, 6) is 8.03. The third kappa shape index (κ3) is 8.28. The van der Waals surface area contributed by atoms with Gasteiger partial charge < -0.3 is 14.6 Å². The van der Waals surface area contributed by atoms with E-state index in [2.05, 4.69) is 16.6 Å². The fourth-order valence-electron chi connectivity index (χ4n) is 1.43. The summed E-state index contributed by atoms with van der Waals surface area (Å²) in [6, 6.07) is 7.54. The van der Waals surface area contributed by atoms with Gasteiger partial charge in [-0.15, -0.1) is 0 Å². The number of rotatable bonds is 8. The molecule has 0 unspecified atom stereocenters. The molecule has 1 aromatic rings. The van der Waals surface area contributed by atoms with Crippen LogP contribution in [-0.2, 0) is 9.53 Å². The Morgan fingerprint density at radius 1 is 1.29 bits per heavy atom. The molecule has 0 amide bonds. The zero-order valence-corrected chi connectivity index (χ0v) is 12.9. The average molecular weight is 308 g/mol. The molecule has 0 aliphatic heterocycles. The highest BCUT2D eigenvalue weighted by atomic mass is 32.2. The van der Waals surface area contributed by atoms with Gasteiger partial charge in [0.05, 0.1) is 26.7 Å². The van der Waals surface area contributed by atoms with Crippen molar-refractivity contribution < 1.29 is 19.4 Å². The maximum absolute atomic E-state index is 10.9. The number of methoxy groups -OCH3 is 1. The highest BCUT2D eigenvalue weighted by molar-refractivity contribution is 7.99. The van der Waals surface area contributed by atoms with Crippen LogP contribution in [0.25, 0.3) is 0 Å². The second kappa shape index (κ2) is 11.1. The van der Waals surface area contributed by atoms with Gasteiger partial charge in [0.15, 0.2) is 0 Å². The second-order valence-electron chi connectivity index (χ2n) is 4.09. The number of hydrogen-bond donors (Lipinski definition) is 1. The molecule has 1 rings (SSSR count). The van der Waals surface area contributed by atoms with Crippen molar-refractivity contribution in [2.24, 2.45) is 0 Å². The molecule has 21 heavy (non-hydrogen) atoms. The molecule has 0 bridgehead atoms. The molecule has 0 aliphatic rings. The van der Waals surface area contributed by atoms with Crippen LogP contribution >= 0.6 is 11.8 Å². The van der Waals surface area contributed by atoms with Crippen LogP contribution in [0.3, 0.4) is 0 Å². The molecule has 5 heteroatoms. The number of benzene rings is 1. The smallest absolute Gasteiger partial charge is 0.306 e. The summed E-state index contributed by atoms with van der Waals surface area (Å²) in [7, 11) is 1.40. The van der Waals surface area contributed by atoms with E-state index in [1.54, 1.807) is 11.8 Å². The van der Waals surface area contributed by atoms with Gasteiger partial charge in [-0.2, -0.15) is 11.8 Å². The molecule has 1 aromatic carbocycles. The van der Waals surface area contributed by atoms with Gasteiger partial charge in [0.25, 0.3) is 0 Å². The second-order valence-corrected chi connectivity index (χ2v) is 5.31. The van der Waals surface area contributed by atoms with Crippen LogP contribution < -0.4 is 4.74 Å². The number of thioether (sulfide) groups is 1. The Balaban J connectivity index is 2.18. The van der Waals surface area contributed by atoms with Crippen LogP contribution in [0.15, 0.2) is 24.3 Å². The summed E-state index contributed by atoms with van der Waals surface area (Å²) in [6.07, 6.45) is 0.920. The molecular weight excluding hydrogens is 288 g/mol. The molecular formula is C16H20O4S. The van der Waals surface area contributed by atoms with E-state index in [0.717, 1.165) is 22.8 Å². The van der Waals surface area contributed by atoms with E-state index in [0.29, 0.717) is 19.4 Å². The standard InChI is InChI=1S/C16H20O4S/c1-19-16(18)9-12-21-13-11-20-15-7-5-14(6-8-15)4-2-3-10-17/h5-8,17H,3,9-13H2,1H3. The molecule has 0 saturated carbocycles. The van der Waals surface area contributed by atoms with E-state index in [1.807, 2.05) is 24.3 Å². The summed E-state index contributed by atoms with van der Waals surface area (Å²) in [5.41, 5.74) is 0.906. The lowest BCUT2D eigenvalue weighted by atomic mass is 10.2. The number of aliphatic hydroxyl groups excluding tert-OH is 1. The molecule has 0 atom stereocenters. The fourth-order valence-corrected chi connectivity index (χ4v) is 2.15. The van der Waals surface area contributed by atoms with Crippen LogP contribution in [0.1, 0.15) is 18.4 Å². The molecule has 0 spiro atoms. The minimum atomic E-state index is -0.179. The van der Waals surface area contributed by atoms with Gasteiger partial charge >= 0.3 is 5.97 Å². The SMILES string of the molecule is COC(=O)CCSCCOc1ccc(C#CCCO)cc1. The zero-order chi connectivity index (χ0) is 15.3. The third-order valence-electron chi connectivity index (χ3n) is 2.50. The first-order valence-electron chi connectivity index (χ1n) is 6.73. The molecule has 0 radical (unpaired) electrons. The van der Waals surface area contributed by atoms with Crippen molar-refractivity contribution in [2.45, 2.75) is 12.8 Å². The van der Waals surface area contributed by atoms with Gasteiger partial charge in [0.1, 0.15) is 5.75 Å². The van der Waals surface area contributed by atoms with Gasteiger partial charge in [0, 0.05) is 23.5 Å². The van der Waals surface area contributed by atoms with E-state index < -0.39 is 0 Å². The van der Waals surface area contributed by atoms with Gasteiger partial charge in [-0.05, 0) is 24.3 Å². The van der Waals surface area contributed by atoms with Gasteiger partial charge in [-0.25, -0.2) is 0 Å². The number of ether oxygens (including phenoxy) is 2. The Morgan fingerprint density at radius 2 is 2.05 bits per heavy atom. The monoisotopic (exact) mass is 308 g/mol. The molecule has 4 nitrogen and oxygen atoms in total. The fraction of sp³-hybridized carbons (Fsp3) is 0.438. The maximum atomic E-state index is 10.9. The summed E-state index contributed by atoms with van der Waals surface area (Å²) in [5, 5.41) is 8.64. The first-order chi connectivity index (χ1) is 10.3. The van der Waals surface area contributed by atoms with Crippen molar-refractivity contribution in [1.82, 2.24) is 0 Å². The predicted octanol–water partition coefficient (Wildman–Crippen LogP) is 2.10. The average Bonchev–Trinajstić information content (AvgIpc) is 2.52. The summed E-state index contributed by atoms with van der Waals surface area (Å²) in [4.78, 5) is 10.9. The number of carbonyl (C=O) groups excluding carboxylic acids is 1. The van der Waals surface area contributed by atoms with E-state index in [-0.39, 0.29) is 12.6 Å². The van der Waals surface area contributed by atoms with Gasteiger partial charge in [0.2, 0.25) is 0 Å². The lowest BCUT2D eigenvalue weighted by molar-refractivity contribution is -0.140. The molecule has 0 saturated heterocycles. The highest BCUT2D eigenvalue weighted by Gasteiger charge is 1.99. The Bertz CT molecular complexity index is 473. The number of hydrogen-bond acceptors (Lipinski definition) is 5. The zero-order valence-electron chi connectivity index (χ0n) is 12.1. The molecule has 0 fully saturated rings. The Morgan fingerprint density at radius 3 is 2.71 bits per heavy atom. The summed E-state index contributed by atoms with van der Waals surface area (Å²) >= 11 is 1.66. The molecule has 0 heterocycles. The maximum Gasteiger partial charge on any atom is 0.306 e. The molecule has 114 valence electrons. The minimum absolute atomic E-state index is 0.0852. The number of esters is 1. The van der Waals surface area contributed by atoms with Crippen molar-refractivity contribution in [1.29, 1.82) is 0 Å². The van der Waals surface area contributed by atoms with Crippen molar-refractivity contribution in [2.75, 3.05) is 31.8 Å². The number of carbonyl (C=O) groups is 1. The minimum Gasteiger partial charge on any atom is -0.493 e. The Hall–Kier alpha value is -1.64. The first kappa shape index (κ1) is 17.4. The Kier molecular flexibility index (Phi) is 9.18. The van der Waals surface area contributed by atoms with E-state index in [1.165, 1.54) is 7.11 Å². The largest absolute Gasteiger partial charge is 0.493 e. The molecule has 0 aliphatic carbocycles. The van der Waals surface area contributed by atoms with Crippen molar-refractivity contribution in [3.05, 3.63) is 29.8 Å². The van der Waals surface area contributed by atoms with Crippen LogP contribution in [-0.4, -0.2) is 42.9 Å². The van der Waals surface area contributed by atoms with Crippen LogP contribution in [0, 0.1) is 11.8 Å². The van der Waals surface area contributed by atoms with E-state index in [9.17, 15) is 4.79 Å². The first-order valence-corrected chi connectivity index (χ1v) is 7.89. The summed E-state index contributed by atoms with van der Waals surface area (Å²) in [6.45, 7) is 0.684. The molecule has 1 N–H and O–H groups in total. The number of aliphatic hydroxyl groups is 1. The topological polar surface area (TPSA) is 55.8 Å². The van der Waals surface area contributed by atoms with E-state index in [4.69, 9.17) is 9.84 Å². The third-order valence-corrected chi connectivity index (χ3v) is 3.45. The molecule has 0 aromatic heterocycles. The van der Waals surface area contributed by atoms with Crippen LogP contribution in [0.2, 0.25) is 0 Å². The van der Waals surface area contributed by atoms with Crippen molar-refractivity contribution in [3.8, 4) is 17.6 Å². The quantitative estimate of drug-likeness (QED) is 0.453. The van der Waals surface area contributed by atoms with Gasteiger partial charge in [-0.3, -0.25) is 4.79 Å². The van der Waals surface area contributed by atoms with Crippen LogP contribution in [0.5, 0.6) is 5.75 Å². The normalized spacial score (nSPS) is 9.62. The highest BCUT2D eigenvalue weighted by Crippen LogP contribution is 2.12. The van der Waals surface area contributed by atoms with Crippen molar-refractivity contribution >= 4 is 17.7 Å². The van der Waals surface area contributed by atoms with Gasteiger partial charge in [-0.1, -0.05) is 11.8 Å². The van der Waals surface area contributed by atoms with Crippen LogP contribution in [0.4, 0.5) is 0 Å². The van der Waals surface area contributed by atoms with E-state index >= 15 is 0 Å². The summed E-state index contributed by atoms with van der Waals surface area (Å²) < 4.78 is 10.2.